The molecule has 1 nitrogen and oxygen atoms in total. The minimum absolute atomic E-state index is 0.0667. The van der Waals surface area contributed by atoms with Gasteiger partial charge in [-0.25, -0.2) is 0 Å². The van der Waals surface area contributed by atoms with E-state index in [0.29, 0.717) is 0 Å². The molecule has 2 N–H and O–H groups in total. The van der Waals surface area contributed by atoms with Crippen molar-refractivity contribution in [3.63, 3.8) is 0 Å². The lowest BCUT2D eigenvalue weighted by molar-refractivity contribution is 0.818. The highest BCUT2D eigenvalue weighted by atomic mass is 35.5. The molecule has 0 aliphatic carbocycles. The van der Waals surface area contributed by atoms with Crippen LogP contribution in [-0.2, 0) is 0 Å². The van der Waals surface area contributed by atoms with Gasteiger partial charge in [-0.15, -0.1) is 0 Å². The van der Waals surface area contributed by atoms with Crippen molar-refractivity contribution in [1.82, 2.24) is 0 Å². The van der Waals surface area contributed by atoms with E-state index in [4.69, 9.17) is 17.3 Å². The summed E-state index contributed by atoms with van der Waals surface area (Å²) in [6, 6.07) is 14.4. The summed E-state index contributed by atoms with van der Waals surface area (Å²) in [5.74, 6) is 0. The lowest BCUT2D eigenvalue weighted by Crippen LogP contribution is -2.04. The summed E-state index contributed by atoms with van der Waals surface area (Å²) in [5.41, 5.74) is 10.4. The van der Waals surface area contributed by atoms with Crippen LogP contribution in [0.1, 0.15) is 24.1 Å². The number of hydrogen-bond donors (Lipinski definition) is 1. The number of halogens is 1. The van der Waals surface area contributed by atoms with E-state index >= 15 is 0 Å². The summed E-state index contributed by atoms with van der Waals surface area (Å²) in [7, 11) is 0. The summed E-state index contributed by atoms with van der Waals surface area (Å²) >= 11 is 6.21. The van der Waals surface area contributed by atoms with Crippen LogP contribution in [0.25, 0.3) is 11.1 Å². The van der Waals surface area contributed by atoms with Crippen molar-refractivity contribution < 1.29 is 0 Å². The summed E-state index contributed by atoms with van der Waals surface area (Å²) < 4.78 is 0. The zero-order valence-corrected chi connectivity index (χ0v) is 10.8. The Morgan fingerprint density at radius 1 is 1.06 bits per heavy atom. The first-order valence-corrected chi connectivity index (χ1v) is 6.08. The van der Waals surface area contributed by atoms with E-state index in [9.17, 15) is 0 Å². The molecule has 88 valence electrons. The van der Waals surface area contributed by atoms with Gasteiger partial charge in [0.1, 0.15) is 0 Å². The largest absolute Gasteiger partial charge is 0.324 e. The first kappa shape index (κ1) is 12.2. The number of nitrogens with two attached hydrogens (primary N) is 1. The summed E-state index contributed by atoms with van der Waals surface area (Å²) in [6.07, 6.45) is 0. The molecule has 0 aliphatic heterocycles. The Bertz CT molecular complexity index is 515. The molecular formula is C15H16ClN. The topological polar surface area (TPSA) is 26.0 Å². The molecule has 0 heterocycles. The fourth-order valence-corrected chi connectivity index (χ4v) is 2.05. The van der Waals surface area contributed by atoms with E-state index in [1.807, 2.05) is 19.1 Å². The molecule has 0 amide bonds. The van der Waals surface area contributed by atoms with Crippen LogP contribution >= 0.6 is 11.6 Å². The molecule has 2 aromatic rings. The molecule has 2 rings (SSSR count). The fraction of sp³-hybridized carbons (Fsp3) is 0.200. The van der Waals surface area contributed by atoms with Gasteiger partial charge >= 0.3 is 0 Å². The maximum atomic E-state index is 6.21. The van der Waals surface area contributed by atoms with Crippen LogP contribution in [0.2, 0.25) is 5.02 Å². The van der Waals surface area contributed by atoms with E-state index in [-0.39, 0.29) is 6.04 Å². The second-order valence-electron chi connectivity index (χ2n) is 4.39. The predicted molar refractivity (Wildman–Crippen MR) is 74.2 cm³/mol. The van der Waals surface area contributed by atoms with Crippen LogP contribution in [0.15, 0.2) is 42.5 Å². The molecular weight excluding hydrogens is 230 g/mol. The number of benzene rings is 2. The lowest BCUT2D eigenvalue weighted by Gasteiger charge is -2.09. The van der Waals surface area contributed by atoms with E-state index in [2.05, 4.69) is 37.3 Å². The second-order valence-corrected chi connectivity index (χ2v) is 4.80. The van der Waals surface area contributed by atoms with Gasteiger partial charge in [0, 0.05) is 16.6 Å². The molecule has 2 heteroatoms. The predicted octanol–water partition coefficient (Wildman–Crippen LogP) is 4.34. The highest BCUT2D eigenvalue weighted by Gasteiger charge is 2.05. The first-order valence-electron chi connectivity index (χ1n) is 5.70. The molecule has 1 unspecified atom stereocenters. The van der Waals surface area contributed by atoms with Gasteiger partial charge in [-0.3, -0.25) is 0 Å². The van der Waals surface area contributed by atoms with Gasteiger partial charge in [0.15, 0.2) is 0 Å². The van der Waals surface area contributed by atoms with Gasteiger partial charge in [-0.05, 0) is 37.1 Å². The van der Waals surface area contributed by atoms with Crippen LogP contribution in [0.3, 0.4) is 0 Å². The van der Waals surface area contributed by atoms with Gasteiger partial charge in [-0.2, -0.15) is 0 Å². The fourth-order valence-electron chi connectivity index (χ4n) is 1.83. The maximum absolute atomic E-state index is 6.21. The van der Waals surface area contributed by atoms with Crippen LogP contribution in [0.5, 0.6) is 0 Å². The van der Waals surface area contributed by atoms with Crippen molar-refractivity contribution in [3.8, 4) is 11.1 Å². The Morgan fingerprint density at radius 2 is 1.71 bits per heavy atom. The SMILES string of the molecule is Cc1ccc(Cl)c(-c2ccc(C(C)N)cc2)c1. The Balaban J connectivity index is 2.43. The van der Waals surface area contributed by atoms with Crippen LogP contribution < -0.4 is 5.73 Å². The van der Waals surface area contributed by atoms with Crippen LogP contribution in [-0.4, -0.2) is 0 Å². The minimum atomic E-state index is 0.0667. The average Bonchev–Trinajstić information content (AvgIpc) is 2.32. The standard InChI is InChI=1S/C15H16ClN/c1-10-3-8-15(16)14(9-10)13-6-4-12(5-7-13)11(2)17/h3-9,11H,17H2,1-2H3. The summed E-state index contributed by atoms with van der Waals surface area (Å²) in [4.78, 5) is 0. The molecule has 0 bridgehead atoms. The van der Waals surface area contributed by atoms with Gasteiger partial charge in [-0.1, -0.05) is 47.5 Å². The Labute approximate surface area is 107 Å². The molecule has 0 aromatic heterocycles. The zero-order valence-electron chi connectivity index (χ0n) is 10.1. The third kappa shape index (κ3) is 2.68. The monoisotopic (exact) mass is 245 g/mol. The lowest BCUT2D eigenvalue weighted by atomic mass is 10.0. The third-order valence-corrected chi connectivity index (χ3v) is 3.20. The summed E-state index contributed by atoms with van der Waals surface area (Å²) in [6.45, 7) is 4.05. The van der Waals surface area contributed by atoms with Gasteiger partial charge in [0.2, 0.25) is 0 Å². The number of hydrogen-bond acceptors (Lipinski definition) is 1. The van der Waals surface area contributed by atoms with Gasteiger partial charge in [0.25, 0.3) is 0 Å². The molecule has 1 atom stereocenters. The van der Waals surface area contributed by atoms with Crippen molar-refractivity contribution in [1.29, 1.82) is 0 Å². The smallest absolute Gasteiger partial charge is 0.0484 e. The summed E-state index contributed by atoms with van der Waals surface area (Å²) in [5, 5.41) is 0.782. The average molecular weight is 246 g/mol. The third-order valence-electron chi connectivity index (χ3n) is 2.87. The Hall–Kier alpha value is -1.31. The molecule has 0 spiro atoms. The second kappa shape index (κ2) is 4.91. The molecule has 0 saturated heterocycles. The van der Waals surface area contributed by atoms with Crippen molar-refractivity contribution in [2.24, 2.45) is 5.73 Å². The highest BCUT2D eigenvalue weighted by Crippen LogP contribution is 2.29. The molecule has 0 radical (unpaired) electrons. The van der Waals surface area contributed by atoms with Crippen LogP contribution in [0, 0.1) is 6.92 Å². The number of rotatable bonds is 2. The molecule has 0 saturated carbocycles. The van der Waals surface area contributed by atoms with Crippen molar-refractivity contribution >= 4 is 11.6 Å². The quantitative estimate of drug-likeness (QED) is 0.837. The Morgan fingerprint density at radius 3 is 2.29 bits per heavy atom. The normalized spacial score (nSPS) is 12.5. The Kier molecular flexibility index (Phi) is 3.51. The molecule has 17 heavy (non-hydrogen) atoms. The maximum Gasteiger partial charge on any atom is 0.0484 e. The van der Waals surface area contributed by atoms with Crippen molar-refractivity contribution in [3.05, 3.63) is 58.6 Å². The van der Waals surface area contributed by atoms with Crippen molar-refractivity contribution in [2.75, 3.05) is 0 Å². The van der Waals surface area contributed by atoms with E-state index in [1.54, 1.807) is 0 Å². The van der Waals surface area contributed by atoms with Gasteiger partial charge in [0.05, 0.1) is 0 Å². The molecule has 0 fully saturated rings. The highest BCUT2D eigenvalue weighted by molar-refractivity contribution is 6.33. The zero-order chi connectivity index (χ0) is 12.4. The van der Waals surface area contributed by atoms with E-state index in [1.165, 1.54) is 5.56 Å². The minimum Gasteiger partial charge on any atom is -0.324 e. The van der Waals surface area contributed by atoms with Gasteiger partial charge < -0.3 is 5.73 Å². The number of aryl methyl sites for hydroxylation is 1. The van der Waals surface area contributed by atoms with Crippen molar-refractivity contribution in [2.45, 2.75) is 19.9 Å². The molecule has 2 aromatic carbocycles. The van der Waals surface area contributed by atoms with E-state index < -0.39 is 0 Å². The molecule has 0 aliphatic rings. The first-order chi connectivity index (χ1) is 8.08. The van der Waals surface area contributed by atoms with E-state index in [0.717, 1.165) is 21.7 Å². The van der Waals surface area contributed by atoms with Crippen LogP contribution in [0.4, 0.5) is 0 Å².